The molecule has 7 rings (SSSR count). The molecule has 2 fully saturated rings. The molecular formula is C57H76N8O9. The Balaban J connectivity index is 1.20. The molecule has 2 aromatic heterocycles. The highest BCUT2D eigenvalue weighted by molar-refractivity contribution is 5.98. The van der Waals surface area contributed by atoms with E-state index in [0.29, 0.717) is 45.6 Å². The van der Waals surface area contributed by atoms with Crippen molar-refractivity contribution >= 4 is 40.5 Å². The molecule has 17 heteroatoms. The number of cyclic esters (lactones) is 1. The monoisotopic (exact) mass is 1020 g/mol. The number of pyridine rings is 1. The minimum atomic E-state index is -1.97. The number of hydrogen-bond donors (Lipinski definition) is 4. The highest BCUT2D eigenvalue weighted by atomic mass is 16.5. The van der Waals surface area contributed by atoms with Gasteiger partial charge >= 0.3 is 5.97 Å². The van der Waals surface area contributed by atoms with Gasteiger partial charge in [-0.05, 0) is 105 Å². The number of hydrogen-bond acceptors (Lipinski definition) is 12. The average Bonchev–Trinajstić information content (AvgIpc) is 3.94. The maximum Gasteiger partial charge on any atom is 0.324 e. The molecule has 6 bridgehead atoms. The van der Waals surface area contributed by atoms with Crippen molar-refractivity contribution in [2.24, 2.45) is 17.3 Å². The minimum absolute atomic E-state index is 0.0448. The molecule has 0 aliphatic carbocycles. The number of rotatable bonds is 14. The number of benzene rings is 2. The molecule has 0 radical (unpaired) electrons. The Kier molecular flexibility index (Phi) is 18.0. The average molecular weight is 1020 g/mol. The first-order valence-electron chi connectivity index (χ1n) is 26.1. The highest BCUT2D eigenvalue weighted by Crippen LogP contribution is 2.42. The molecule has 0 saturated carbocycles. The number of likely N-dealkylation sites (tertiary alicyclic amines) is 1. The van der Waals surface area contributed by atoms with Gasteiger partial charge in [-0.1, -0.05) is 63.9 Å². The third kappa shape index (κ3) is 12.5. The Morgan fingerprint density at radius 2 is 1.82 bits per heavy atom. The number of aryl methyl sites for hydroxylation is 1. The molecule has 1 unspecified atom stereocenters. The molecule has 5 heterocycles. The van der Waals surface area contributed by atoms with Crippen LogP contribution in [-0.2, 0) is 57.6 Å². The number of nitrogens with zero attached hydrogens (tertiary/aromatic N) is 5. The summed E-state index contributed by atoms with van der Waals surface area (Å²) in [7, 11) is 4.97. The van der Waals surface area contributed by atoms with Crippen molar-refractivity contribution in [3.8, 4) is 34.2 Å². The van der Waals surface area contributed by atoms with Gasteiger partial charge in [0.25, 0.3) is 17.7 Å². The molecule has 4 aromatic rings. The van der Waals surface area contributed by atoms with Crippen LogP contribution in [0.5, 0.6) is 0 Å². The molecule has 2 saturated heterocycles. The lowest BCUT2D eigenvalue weighted by atomic mass is 9.84. The third-order valence-electron chi connectivity index (χ3n) is 14.5. The summed E-state index contributed by atoms with van der Waals surface area (Å²) in [5, 5.41) is 20.3. The molecule has 3 aliphatic heterocycles. The number of aromatic nitrogens is 2. The number of carbonyl (C=O) groups is 5. The van der Waals surface area contributed by atoms with E-state index in [4.69, 9.17) is 19.2 Å². The Morgan fingerprint density at radius 3 is 2.55 bits per heavy atom. The fraction of sp³-hybridized carbons (Fsp3) is 0.544. The van der Waals surface area contributed by atoms with E-state index >= 15 is 0 Å². The molecule has 4 N–H and O–H groups in total. The van der Waals surface area contributed by atoms with Gasteiger partial charge in [-0.25, -0.2) is 5.43 Å². The standard InChI is InChI=1S/C57H76N8O9/c1-11-64-47-21-20-41-31-43(47)44(51(64)42-17-13-24-59-49(42)38(5)72-10)32-56(6,7)35-74-54(69)45-18-14-26-65(61-45)53(68)46(30-39-15-12-16-40(41)29-39)60-52(67)50(36(2)3)62(9)55(70)57(71)23-27-63(34-57)48(66)22-19-37(4)33-73-28-25-58-8/h12-13,15-17,20-21,24,29,31,36-38,45-46,50,58,61,71H,11,14,18,23,25-28,30,32-35H2,1-10H3,(H,60,67)/t37-,38+,45+,46+,50+,57?/m1/s1. The normalized spacial score (nSPS) is 21.3. The predicted octanol–water partition coefficient (Wildman–Crippen LogP) is 5.07. The van der Waals surface area contributed by atoms with E-state index in [9.17, 15) is 29.1 Å². The SMILES string of the molecule is CCn1c(-c2cccnc2[C@H](C)OC)c2c3cc(ccc31)-c1cccc(c1)C[C@H](NC(=O)[C@H](C(C)C)N(C)C(=O)C1(O)CCN(C(=O)C#C[C@@H](C)COCCNC)C1)C(=O)N1CCC[C@H](N1)C(=O)OCC(C)(C)C2. The second-order valence-electron chi connectivity index (χ2n) is 21.3. The number of β-amino-alcohol motifs (C(OH)–C–C–N with tert-alkyl or cyclic N) is 1. The third-order valence-corrected chi connectivity index (χ3v) is 14.5. The summed E-state index contributed by atoms with van der Waals surface area (Å²) >= 11 is 0. The van der Waals surface area contributed by atoms with Gasteiger partial charge in [0, 0.05) is 87.2 Å². The van der Waals surface area contributed by atoms with Crippen molar-refractivity contribution in [1.29, 1.82) is 0 Å². The van der Waals surface area contributed by atoms with E-state index in [1.807, 2.05) is 51.2 Å². The molecular weight excluding hydrogens is 941 g/mol. The number of hydrazine groups is 1. The van der Waals surface area contributed by atoms with Crippen LogP contribution >= 0.6 is 0 Å². The molecule has 398 valence electrons. The van der Waals surface area contributed by atoms with Crippen LogP contribution in [0.25, 0.3) is 33.3 Å². The molecule has 74 heavy (non-hydrogen) atoms. The molecule has 2 aromatic carbocycles. The highest BCUT2D eigenvalue weighted by Gasteiger charge is 2.48. The van der Waals surface area contributed by atoms with Gasteiger partial charge < -0.3 is 44.3 Å². The minimum Gasteiger partial charge on any atom is -0.464 e. The van der Waals surface area contributed by atoms with Crippen molar-refractivity contribution in [1.82, 2.24) is 40.4 Å². The Hall–Kier alpha value is -6.16. The lowest BCUT2D eigenvalue weighted by molar-refractivity contribution is -0.156. The van der Waals surface area contributed by atoms with Gasteiger partial charge in [-0.3, -0.25) is 34.0 Å². The van der Waals surface area contributed by atoms with Crippen LogP contribution in [0.4, 0.5) is 0 Å². The number of esters is 1. The summed E-state index contributed by atoms with van der Waals surface area (Å²) in [6.07, 6.45) is 3.06. The van der Waals surface area contributed by atoms with Gasteiger partial charge in [0.15, 0.2) is 5.60 Å². The Bertz CT molecular complexity index is 2760. The number of amides is 4. The maximum atomic E-state index is 14.8. The maximum absolute atomic E-state index is 14.8. The quantitative estimate of drug-likeness (QED) is 0.0746. The largest absolute Gasteiger partial charge is 0.464 e. The fourth-order valence-electron chi connectivity index (χ4n) is 10.5. The number of fused-ring (bicyclic) bond motifs is 6. The number of methoxy groups -OCH3 is 1. The van der Waals surface area contributed by atoms with Crippen LogP contribution in [0, 0.1) is 29.1 Å². The summed E-state index contributed by atoms with van der Waals surface area (Å²) in [5.74, 6) is 2.10. The lowest BCUT2D eigenvalue weighted by Crippen LogP contribution is -2.63. The fourth-order valence-corrected chi connectivity index (χ4v) is 10.5. The van der Waals surface area contributed by atoms with E-state index in [0.717, 1.165) is 50.1 Å². The van der Waals surface area contributed by atoms with Crippen LogP contribution < -0.4 is 16.1 Å². The van der Waals surface area contributed by atoms with Crippen molar-refractivity contribution in [3.05, 3.63) is 77.6 Å². The zero-order valence-electron chi connectivity index (χ0n) is 44.9. The van der Waals surface area contributed by atoms with Crippen LogP contribution in [0.1, 0.15) is 90.7 Å². The summed E-state index contributed by atoms with van der Waals surface area (Å²) in [6.45, 7) is 16.2. The summed E-state index contributed by atoms with van der Waals surface area (Å²) in [6, 6.07) is 15.3. The Labute approximate surface area is 436 Å². The smallest absolute Gasteiger partial charge is 0.324 e. The van der Waals surface area contributed by atoms with Gasteiger partial charge in [0.2, 0.25) is 5.91 Å². The van der Waals surface area contributed by atoms with Crippen LogP contribution in [-0.4, -0.2) is 150 Å². The number of nitrogens with one attached hydrogen (secondary N) is 3. The van der Waals surface area contributed by atoms with E-state index in [-0.39, 0.29) is 51.1 Å². The molecule has 0 spiro atoms. The topological polar surface area (TPSA) is 197 Å². The number of likely N-dealkylation sites (N-methyl/N-ethyl adjacent to an activating group) is 2. The number of carbonyl (C=O) groups excluding carboxylic acids is 5. The van der Waals surface area contributed by atoms with Crippen LogP contribution in [0.2, 0.25) is 0 Å². The van der Waals surface area contributed by atoms with Crippen molar-refractivity contribution in [2.75, 3.05) is 67.2 Å². The molecule has 3 aliphatic rings. The zero-order chi connectivity index (χ0) is 53.5. The molecule has 17 nitrogen and oxygen atoms in total. The van der Waals surface area contributed by atoms with Crippen LogP contribution in [0.15, 0.2) is 60.8 Å². The van der Waals surface area contributed by atoms with Gasteiger partial charge in [-0.2, -0.15) is 0 Å². The Morgan fingerprint density at radius 1 is 1.05 bits per heavy atom. The van der Waals surface area contributed by atoms with Crippen molar-refractivity contribution in [2.45, 2.75) is 117 Å². The lowest BCUT2D eigenvalue weighted by Gasteiger charge is -2.37. The van der Waals surface area contributed by atoms with Crippen LogP contribution in [0.3, 0.4) is 0 Å². The van der Waals surface area contributed by atoms with Crippen molar-refractivity contribution < 1.29 is 43.3 Å². The van der Waals surface area contributed by atoms with Gasteiger partial charge in [-0.15, -0.1) is 0 Å². The summed E-state index contributed by atoms with van der Waals surface area (Å²) in [5.41, 5.74) is 8.24. The first-order chi connectivity index (χ1) is 35.3. The zero-order valence-corrected chi connectivity index (χ0v) is 44.9. The first-order valence-corrected chi connectivity index (χ1v) is 26.1. The number of ether oxygens (including phenoxy) is 3. The predicted molar refractivity (Wildman–Crippen MR) is 283 cm³/mol. The molecule has 4 amide bonds. The van der Waals surface area contributed by atoms with E-state index in [1.165, 1.54) is 21.9 Å². The van der Waals surface area contributed by atoms with E-state index < -0.39 is 64.7 Å². The van der Waals surface area contributed by atoms with Gasteiger partial charge in [0.1, 0.15) is 18.1 Å². The first kappa shape index (κ1) is 55.6. The molecule has 6 atom stereocenters. The summed E-state index contributed by atoms with van der Waals surface area (Å²) in [4.78, 5) is 78.4. The van der Waals surface area contributed by atoms with E-state index in [1.54, 1.807) is 27.2 Å². The second-order valence-corrected chi connectivity index (χ2v) is 21.3. The van der Waals surface area contributed by atoms with Gasteiger partial charge in [0.05, 0.1) is 43.9 Å². The van der Waals surface area contributed by atoms with Crippen molar-refractivity contribution in [3.63, 3.8) is 0 Å². The summed E-state index contributed by atoms with van der Waals surface area (Å²) < 4.78 is 19.9. The number of aliphatic hydroxyl groups is 1. The second kappa shape index (κ2) is 24.0. The van der Waals surface area contributed by atoms with E-state index in [2.05, 4.69) is 77.5 Å².